The molecule has 18 heavy (non-hydrogen) atoms. The third-order valence-electron chi connectivity index (χ3n) is 3.80. The zero-order valence-electron chi connectivity index (χ0n) is 10.6. The molecule has 0 saturated carbocycles. The minimum absolute atomic E-state index is 0.135. The molecule has 0 bridgehead atoms. The van der Waals surface area contributed by atoms with Crippen molar-refractivity contribution < 1.29 is 13.2 Å². The van der Waals surface area contributed by atoms with E-state index in [4.69, 9.17) is 0 Å². The van der Waals surface area contributed by atoms with E-state index in [1.807, 2.05) is 0 Å². The van der Waals surface area contributed by atoms with Gasteiger partial charge in [-0.2, -0.15) is 13.2 Å². The quantitative estimate of drug-likeness (QED) is 0.770. The molecule has 1 saturated heterocycles. The maximum absolute atomic E-state index is 12.5. The molecule has 0 aromatic rings. The first-order valence-electron chi connectivity index (χ1n) is 6.77. The second-order valence-electron chi connectivity index (χ2n) is 5.24. The summed E-state index contributed by atoms with van der Waals surface area (Å²) in [6, 6.07) is 0.452. The van der Waals surface area contributed by atoms with Crippen LogP contribution in [0.2, 0.25) is 0 Å². The van der Waals surface area contributed by atoms with Gasteiger partial charge in [0.1, 0.15) is 0 Å². The number of alkyl halides is 3. The fourth-order valence-corrected chi connectivity index (χ4v) is 2.70. The van der Waals surface area contributed by atoms with Gasteiger partial charge in [0.05, 0.1) is 0 Å². The zero-order valence-corrected chi connectivity index (χ0v) is 10.6. The smallest absolute Gasteiger partial charge is 0.313 e. The SMILES string of the molecule is FC(F)(F)C1=CCN(CC2CCCCCN2)CC1. The molecule has 0 aromatic carbocycles. The van der Waals surface area contributed by atoms with Crippen LogP contribution in [0.3, 0.4) is 0 Å². The van der Waals surface area contributed by atoms with Crippen molar-refractivity contribution in [3.63, 3.8) is 0 Å². The van der Waals surface area contributed by atoms with Gasteiger partial charge in [-0.25, -0.2) is 0 Å². The van der Waals surface area contributed by atoms with E-state index in [0.717, 1.165) is 19.5 Å². The van der Waals surface area contributed by atoms with Crippen LogP contribution in [0.4, 0.5) is 13.2 Å². The Morgan fingerprint density at radius 2 is 2.11 bits per heavy atom. The Balaban J connectivity index is 1.80. The first-order valence-corrected chi connectivity index (χ1v) is 6.77. The number of nitrogens with one attached hydrogen (secondary N) is 1. The first-order chi connectivity index (χ1) is 8.55. The maximum atomic E-state index is 12.5. The summed E-state index contributed by atoms with van der Waals surface area (Å²) in [5.41, 5.74) is -0.354. The zero-order chi connectivity index (χ0) is 13.0. The molecule has 2 aliphatic rings. The Hall–Kier alpha value is -0.550. The topological polar surface area (TPSA) is 15.3 Å². The highest BCUT2D eigenvalue weighted by Crippen LogP contribution is 2.30. The second-order valence-corrected chi connectivity index (χ2v) is 5.24. The van der Waals surface area contributed by atoms with Crippen LogP contribution in [0.5, 0.6) is 0 Å². The van der Waals surface area contributed by atoms with Gasteiger partial charge in [-0.3, -0.25) is 4.90 Å². The van der Waals surface area contributed by atoms with Crippen molar-refractivity contribution >= 4 is 0 Å². The van der Waals surface area contributed by atoms with Gasteiger partial charge in [0.15, 0.2) is 0 Å². The standard InChI is InChI=1S/C13H21F3N2/c14-13(15,16)11-5-8-18(9-6-11)10-12-4-2-1-3-7-17-12/h5,12,17H,1-4,6-10H2. The maximum Gasteiger partial charge on any atom is 0.412 e. The molecular weight excluding hydrogens is 241 g/mol. The van der Waals surface area contributed by atoms with E-state index in [1.54, 1.807) is 0 Å². The fourth-order valence-electron chi connectivity index (χ4n) is 2.70. The predicted molar refractivity (Wildman–Crippen MR) is 65.5 cm³/mol. The lowest BCUT2D eigenvalue weighted by Crippen LogP contribution is -2.43. The third kappa shape index (κ3) is 3.99. The second kappa shape index (κ2) is 6.06. The molecule has 0 aliphatic carbocycles. The molecule has 2 heterocycles. The third-order valence-corrected chi connectivity index (χ3v) is 3.80. The van der Waals surface area contributed by atoms with Crippen molar-refractivity contribution in [2.75, 3.05) is 26.2 Å². The van der Waals surface area contributed by atoms with Gasteiger partial charge in [0.2, 0.25) is 0 Å². The summed E-state index contributed by atoms with van der Waals surface area (Å²) < 4.78 is 37.4. The van der Waals surface area contributed by atoms with E-state index in [-0.39, 0.29) is 12.0 Å². The van der Waals surface area contributed by atoms with Gasteiger partial charge in [-0.1, -0.05) is 18.9 Å². The highest BCUT2D eigenvalue weighted by atomic mass is 19.4. The van der Waals surface area contributed by atoms with Crippen molar-refractivity contribution in [3.8, 4) is 0 Å². The highest BCUT2D eigenvalue weighted by molar-refractivity contribution is 5.13. The van der Waals surface area contributed by atoms with E-state index >= 15 is 0 Å². The molecule has 104 valence electrons. The van der Waals surface area contributed by atoms with Crippen molar-refractivity contribution in [2.45, 2.75) is 44.3 Å². The largest absolute Gasteiger partial charge is 0.412 e. The number of rotatable bonds is 2. The number of nitrogens with zero attached hydrogens (tertiary/aromatic N) is 1. The van der Waals surface area contributed by atoms with Gasteiger partial charge >= 0.3 is 6.18 Å². The molecule has 0 amide bonds. The fraction of sp³-hybridized carbons (Fsp3) is 0.846. The van der Waals surface area contributed by atoms with E-state index in [0.29, 0.717) is 19.1 Å². The molecule has 1 fully saturated rings. The van der Waals surface area contributed by atoms with Crippen LogP contribution in [0.25, 0.3) is 0 Å². The van der Waals surface area contributed by atoms with Crippen LogP contribution in [-0.4, -0.2) is 43.3 Å². The molecule has 1 N–H and O–H groups in total. The summed E-state index contributed by atoms with van der Waals surface area (Å²) in [4.78, 5) is 2.12. The van der Waals surface area contributed by atoms with Gasteiger partial charge in [-0.15, -0.1) is 0 Å². The molecular formula is C13H21F3N2. The van der Waals surface area contributed by atoms with Crippen LogP contribution in [0, 0.1) is 0 Å². The Kier molecular flexibility index (Phi) is 4.67. The Bertz CT molecular complexity index is 291. The van der Waals surface area contributed by atoms with E-state index in [9.17, 15) is 13.2 Å². The van der Waals surface area contributed by atoms with Gasteiger partial charge in [-0.05, 0) is 25.8 Å². The number of halogens is 3. The van der Waals surface area contributed by atoms with E-state index in [2.05, 4.69) is 10.2 Å². The number of hydrogen-bond acceptors (Lipinski definition) is 2. The summed E-state index contributed by atoms with van der Waals surface area (Å²) >= 11 is 0. The molecule has 2 rings (SSSR count). The lowest BCUT2D eigenvalue weighted by molar-refractivity contribution is -0.0960. The Morgan fingerprint density at radius 3 is 2.78 bits per heavy atom. The molecule has 1 atom stereocenters. The normalized spacial score (nSPS) is 27.7. The lowest BCUT2D eigenvalue weighted by atomic mass is 10.1. The summed E-state index contributed by atoms with van der Waals surface area (Å²) in [7, 11) is 0. The highest BCUT2D eigenvalue weighted by Gasteiger charge is 2.34. The van der Waals surface area contributed by atoms with Gasteiger partial charge in [0.25, 0.3) is 0 Å². The molecule has 0 aromatic heterocycles. The van der Waals surface area contributed by atoms with Crippen LogP contribution < -0.4 is 5.32 Å². The average Bonchev–Trinajstić information content (AvgIpc) is 2.57. The molecule has 0 spiro atoms. The van der Waals surface area contributed by atoms with E-state index < -0.39 is 6.18 Å². The number of hydrogen-bond donors (Lipinski definition) is 1. The van der Waals surface area contributed by atoms with Gasteiger partial charge in [0, 0.05) is 31.2 Å². The average molecular weight is 262 g/mol. The van der Waals surface area contributed by atoms with Crippen LogP contribution >= 0.6 is 0 Å². The van der Waals surface area contributed by atoms with Crippen molar-refractivity contribution in [1.82, 2.24) is 10.2 Å². The molecule has 5 heteroatoms. The molecule has 2 aliphatic heterocycles. The molecule has 2 nitrogen and oxygen atoms in total. The summed E-state index contributed by atoms with van der Waals surface area (Å²) in [6.45, 7) is 2.89. The van der Waals surface area contributed by atoms with Crippen molar-refractivity contribution in [3.05, 3.63) is 11.6 Å². The van der Waals surface area contributed by atoms with Crippen LogP contribution in [0.15, 0.2) is 11.6 Å². The monoisotopic (exact) mass is 262 g/mol. The van der Waals surface area contributed by atoms with Crippen LogP contribution in [0.1, 0.15) is 32.1 Å². The minimum atomic E-state index is -4.13. The van der Waals surface area contributed by atoms with Gasteiger partial charge < -0.3 is 5.32 Å². The van der Waals surface area contributed by atoms with E-state index in [1.165, 1.54) is 25.3 Å². The summed E-state index contributed by atoms with van der Waals surface area (Å²) in [5, 5.41) is 3.49. The molecule has 0 radical (unpaired) electrons. The lowest BCUT2D eigenvalue weighted by Gasteiger charge is -2.30. The summed E-state index contributed by atoms with van der Waals surface area (Å²) in [6.07, 6.45) is 2.21. The summed E-state index contributed by atoms with van der Waals surface area (Å²) in [5.74, 6) is 0. The Labute approximate surface area is 106 Å². The Morgan fingerprint density at radius 1 is 1.28 bits per heavy atom. The first kappa shape index (κ1) is 13.9. The van der Waals surface area contributed by atoms with Crippen molar-refractivity contribution in [1.29, 1.82) is 0 Å². The van der Waals surface area contributed by atoms with Crippen LogP contribution in [-0.2, 0) is 0 Å². The minimum Gasteiger partial charge on any atom is -0.313 e. The van der Waals surface area contributed by atoms with Crippen molar-refractivity contribution in [2.24, 2.45) is 0 Å². The predicted octanol–water partition coefficient (Wildman–Crippen LogP) is 2.71. The molecule has 1 unspecified atom stereocenters.